The largest absolute Gasteiger partial charge is 0.451 e. The number of urea groups is 1. The fourth-order valence-corrected chi connectivity index (χ4v) is 2.51. The smallest absolute Gasteiger partial charge is 0.329 e. The molecule has 0 heterocycles. The van der Waals surface area contributed by atoms with Gasteiger partial charge in [0.15, 0.2) is 6.10 Å². The number of amides is 4. The normalized spacial score (nSPS) is 12.4. The Morgan fingerprint density at radius 2 is 1.81 bits per heavy atom. The van der Waals surface area contributed by atoms with Gasteiger partial charge in [-0.15, -0.1) is 0 Å². The predicted octanol–water partition coefficient (Wildman–Crippen LogP) is 1.58. The lowest BCUT2D eigenvalue weighted by atomic mass is 10.1. The third kappa shape index (κ3) is 7.88. The lowest BCUT2D eigenvalue weighted by molar-refractivity contribution is -0.156. The van der Waals surface area contributed by atoms with E-state index in [0.717, 1.165) is 0 Å². The molecule has 0 aliphatic carbocycles. The number of rotatable bonds is 8. The molecule has 0 aromatic heterocycles. The average molecular weight is 416 g/mol. The first-order chi connectivity index (χ1) is 12.8. The highest BCUT2D eigenvalue weighted by atomic mass is 35.5. The molecule has 148 valence electrons. The molecular weight excluding hydrogens is 394 g/mol. The van der Waals surface area contributed by atoms with Gasteiger partial charge in [0, 0.05) is 17.6 Å². The van der Waals surface area contributed by atoms with Crippen molar-refractivity contribution < 1.29 is 23.9 Å². The van der Waals surface area contributed by atoms with E-state index in [2.05, 4.69) is 10.6 Å². The van der Waals surface area contributed by atoms with Gasteiger partial charge in [0.25, 0.3) is 11.8 Å². The summed E-state index contributed by atoms with van der Waals surface area (Å²) in [6, 6.07) is 4.56. The number of halogens is 1. The zero-order chi connectivity index (χ0) is 20.4. The fraction of sp³-hybridized carbons (Fsp3) is 0.412. The van der Waals surface area contributed by atoms with Crippen molar-refractivity contribution in [3.63, 3.8) is 0 Å². The van der Waals surface area contributed by atoms with Crippen LogP contribution in [0.25, 0.3) is 0 Å². The highest BCUT2D eigenvalue weighted by Gasteiger charge is 2.27. The summed E-state index contributed by atoms with van der Waals surface area (Å²) in [6.07, 6.45) is 0.991. The van der Waals surface area contributed by atoms with Crippen LogP contribution in [0.5, 0.6) is 0 Å². The number of ether oxygens (including phenoxy) is 1. The van der Waals surface area contributed by atoms with Crippen LogP contribution in [-0.4, -0.2) is 55.0 Å². The van der Waals surface area contributed by atoms with Gasteiger partial charge in [-0.25, -0.2) is 9.59 Å². The zero-order valence-electron chi connectivity index (χ0n) is 15.2. The van der Waals surface area contributed by atoms with Crippen LogP contribution in [-0.2, 0) is 14.3 Å². The van der Waals surface area contributed by atoms with Crippen LogP contribution < -0.4 is 16.0 Å². The summed E-state index contributed by atoms with van der Waals surface area (Å²) in [4.78, 5) is 47.7. The van der Waals surface area contributed by atoms with E-state index < -0.39 is 36.0 Å². The van der Waals surface area contributed by atoms with Crippen LogP contribution >= 0.6 is 23.4 Å². The minimum atomic E-state index is -1.20. The van der Waals surface area contributed by atoms with Gasteiger partial charge in [-0.3, -0.25) is 14.9 Å². The van der Waals surface area contributed by atoms with Gasteiger partial charge in [0.05, 0.1) is 0 Å². The van der Waals surface area contributed by atoms with Gasteiger partial charge in [0.1, 0.15) is 6.04 Å². The van der Waals surface area contributed by atoms with Gasteiger partial charge in [0.2, 0.25) is 0 Å². The molecule has 0 saturated carbocycles. The number of hydrogen-bond donors (Lipinski definition) is 3. The van der Waals surface area contributed by atoms with E-state index in [1.807, 2.05) is 11.6 Å². The number of nitrogens with one attached hydrogen (secondary N) is 3. The summed E-state index contributed by atoms with van der Waals surface area (Å²) in [5.74, 6) is -1.39. The minimum absolute atomic E-state index is 0.323. The summed E-state index contributed by atoms with van der Waals surface area (Å²) >= 11 is 7.30. The van der Waals surface area contributed by atoms with Crippen molar-refractivity contribution in [2.24, 2.45) is 0 Å². The summed E-state index contributed by atoms with van der Waals surface area (Å²) in [6.45, 7) is 1.34. The number of thioether (sulfide) groups is 1. The highest BCUT2D eigenvalue weighted by Crippen LogP contribution is 2.11. The first-order valence-electron chi connectivity index (χ1n) is 8.07. The molecular formula is C17H22ClN3O5S. The monoisotopic (exact) mass is 415 g/mol. The summed E-state index contributed by atoms with van der Waals surface area (Å²) < 4.78 is 5.10. The molecule has 27 heavy (non-hydrogen) atoms. The van der Waals surface area contributed by atoms with E-state index in [1.165, 1.54) is 37.9 Å². The van der Waals surface area contributed by atoms with E-state index in [0.29, 0.717) is 22.8 Å². The minimum Gasteiger partial charge on any atom is -0.451 e. The number of imide groups is 1. The Kier molecular flexibility index (Phi) is 9.66. The van der Waals surface area contributed by atoms with Crippen LogP contribution in [0.15, 0.2) is 24.3 Å². The van der Waals surface area contributed by atoms with Crippen molar-refractivity contribution in [3.8, 4) is 0 Å². The van der Waals surface area contributed by atoms with Crippen LogP contribution in [0.4, 0.5) is 4.79 Å². The van der Waals surface area contributed by atoms with Crippen molar-refractivity contribution in [2.75, 3.05) is 19.1 Å². The molecule has 1 rings (SSSR count). The molecule has 0 radical (unpaired) electrons. The standard InChI is InChI=1S/C17H22ClN3O5S/c1-10(14(22)21-17(25)19-2)26-16(24)13(8-9-27-3)20-15(23)11-4-6-12(18)7-5-11/h4-7,10,13H,8-9H2,1-3H3,(H,20,23)(H2,19,21,22,25)/t10-,13+/m0/s1. The molecule has 1 aromatic rings. The van der Waals surface area contributed by atoms with E-state index in [9.17, 15) is 19.2 Å². The first-order valence-corrected chi connectivity index (χ1v) is 9.84. The summed E-state index contributed by atoms with van der Waals surface area (Å²) in [5, 5.41) is 7.33. The molecule has 1 aromatic carbocycles. The molecule has 0 aliphatic heterocycles. The maximum Gasteiger partial charge on any atom is 0.329 e. The van der Waals surface area contributed by atoms with Crippen molar-refractivity contribution >= 4 is 47.2 Å². The number of hydrogen-bond acceptors (Lipinski definition) is 6. The third-order valence-corrected chi connectivity index (χ3v) is 4.33. The SMILES string of the molecule is CNC(=O)NC(=O)[C@H](C)OC(=O)[C@@H](CCSC)NC(=O)c1ccc(Cl)cc1. The second kappa shape index (κ2) is 11.5. The quantitative estimate of drug-likeness (QED) is 0.555. The molecule has 0 aliphatic rings. The average Bonchev–Trinajstić information content (AvgIpc) is 2.64. The molecule has 3 N–H and O–H groups in total. The fourth-order valence-electron chi connectivity index (χ4n) is 1.91. The van der Waals surface area contributed by atoms with Gasteiger partial charge in [-0.05, 0) is 49.6 Å². The third-order valence-electron chi connectivity index (χ3n) is 3.43. The Morgan fingerprint density at radius 3 is 2.37 bits per heavy atom. The van der Waals surface area contributed by atoms with Crippen molar-refractivity contribution in [1.29, 1.82) is 0 Å². The number of esters is 1. The van der Waals surface area contributed by atoms with Crippen molar-refractivity contribution in [3.05, 3.63) is 34.9 Å². The second-order valence-corrected chi connectivity index (χ2v) is 6.88. The van der Waals surface area contributed by atoms with E-state index >= 15 is 0 Å². The molecule has 4 amide bonds. The van der Waals surface area contributed by atoms with Crippen molar-refractivity contribution in [1.82, 2.24) is 16.0 Å². The molecule has 2 atom stereocenters. The molecule has 0 fully saturated rings. The predicted molar refractivity (Wildman–Crippen MR) is 104 cm³/mol. The van der Waals surface area contributed by atoms with E-state index in [1.54, 1.807) is 12.1 Å². The molecule has 0 bridgehead atoms. The van der Waals surface area contributed by atoms with E-state index in [4.69, 9.17) is 16.3 Å². The van der Waals surface area contributed by atoms with Crippen LogP contribution in [0, 0.1) is 0 Å². The lowest BCUT2D eigenvalue weighted by Crippen LogP contribution is -2.47. The Hall–Kier alpha value is -2.26. The molecule has 0 spiro atoms. The molecule has 8 nitrogen and oxygen atoms in total. The second-order valence-electron chi connectivity index (χ2n) is 5.46. The molecule has 0 saturated heterocycles. The number of benzene rings is 1. The van der Waals surface area contributed by atoms with Crippen LogP contribution in [0.3, 0.4) is 0 Å². The van der Waals surface area contributed by atoms with Crippen LogP contribution in [0.1, 0.15) is 23.7 Å². The van der Waals surface area contributed by atoms with E-state index in [-0.39, 0.29) is 0 Å². The maximum absolute atomic E-state index is 12.4. The topological polar surface area (TPSA) is 114 Å². The maximum atomic E-state index is 12.4. The highest BCUT2D eigenvalue weighted by molar-refractivity contribution is 7.98. The Labute approximate surface area is 166 Å². The van der Waals surface area contributed by atoms with Crippen molar-refractivity contribution in [2.45, 2.75) is 25.5 Å². The molecule has 10 heteroatoms. The Morgan fingerprint density at radius 1 is 1.19 bits per heavy atom. The van der Waals surface area contributed by atoms with Gasteiger partial charge < -0.3 is 15.4 Å². The molecule has 0 unspecified atom stereocenters. The van der Waals surface area contributed by atoms with Gasteiger partial charge in [-0.2, -0.15) is 11.8 Å². The first kappa shape index (κ1) is 22.8. The zero-order valence-corrected chi connectivity index (χ0v) is 16.8. The lowest BCUT2D eigenvalue weighted by Gasteiger charge is -2.20. The Bertz CT molecular complexity index is 684. The van der Waals surface area contributed by atoms with Gasteiger partial charge in [-0.1, -0.05) is 11.6 Å². The number of carbonyl (C=O) groups excluding carboxylic acids is 4. The summed E-state index contributed by atoms with van der Waals surface area (Å²) in [5.41, 5.74) is 0.340. The van der Waals surface area contributed by atoms with Gasteiger partial charge >= 0.3 is 12.0 Å². The summed E-state index contributed by atoms with van der Waals surface area (Å²) in [7, 11) is 1.35. The number of carbonyl (C=O) groups is 4. The van der Waals surface area contributed by atoms with Crippen LogP contribution in [0.2, 0.25) is 5.02 Å². The Balaban J connectivity index is 2.75.